The first-order chi connectivity index (χ1) is 10.6. The van der Waals surface area contributed by atoms with Crippen molar-refractivity contribution in [1.29, 1.82) is 0 Å². The Morgan fingerprint density at radius 3 is 2.91 bits per heavy atom. The van der Waals surface area contributed by atoms with Crippen molar-refractivity contribution in [2.24, 2.45) is 0 Å². The Balaban J connectivity index is 1.83. The van der Waals surface area contributed by atoms with E-state index in [0.29, 0.717) is 13.0 Å². The molecule has 1 N–H and O–H groups in total. The summed E-state index contributed by atoms with van der Waals surface area (Å²) in [6, 6.07) is -0.269. The quantitative estimate of drug-likeness (QED) is 0.923. The van der Waals surface area contributed by atoms with E-state index < -0.39 is 5.97 Å². The first-order valence-corrected chi connectivity index (χ1v) is 8.63. The van der Waals surface area contributed by atoms with Gasteiger partial charge in [-0.05, 0) is 37.7 Å². The third kappa shape index (κ3) is 2.90. The second-order valence-electron chi connectivity index (χ2n) is 6.06. The van der Waals surface area contributed by atoms with Gasteiger partial charge in [0, 0.05) is 30.0 Å². The maximum Gasteiger partial charge on any atom is 0.305 e. The van der Waals surface area contributed by atoms with Crippen molar-refractivity contribution in [2.75, 3.05) is 13.7 Å². The molecular formula is C16H21NO4S. The van der Waals surface area contributed by atoms with Crippen LogP contribution in [0.4, 0.5) is 0 Å². The number of nitrogens with zero attached hydrogens (tertiary/aromatic N) is 1. The van der Waals surface area contributed by atoms with Crippen molar-refractivity contribution < 1.29 is 19.4 Å². The van der Waals surface area contributed by atoms with Crippen LogP contribution < -0.4 is 0 Å². The molecule has 0 aromatic carbocycles. The van der Waals surface area contributed by atoms with Crippen LogP contribution in [0.5, 0.6) is 0 Å². The molecule has 0 radical (unpaired) electrons. The predicted octanol–water partition coefficient (Wildman–Crippen LogP) is 2.33. The van der Waals surface area contributed by atoms with Crippen LogP contribution in [0.3, 0.4) is 0 Å². The number of hydrogen-bond donors (Lipinski definition) is 1. The van der Waals surface area contributed by atoms with Gasteiger partial charge >= 0.3 is 5.97 Å². The van der Waals surface area contributed by atoms with Gasteiger partial charge in [-0.15, -0.1) is 11.3 Å². The summed E-state index contributed by atoms with van der Waals surface area (Å²) in [5.74, 6) is -0.892. The van der Waals surface area contributed by atoms with Gasteiger partial charge < -0.3 is 14.7 Å². The molecule has 3 rings (SSSR count). The molecule has 0 spiro atoms. The van der Waals surface area contributed by atoms with Crippen LogP contribution in [0.1, 0.15) is 46.5 Å². The Labute approximate surface area is 133 Å². The molecule has 0 saturated carbocycles. The van der Waals surface area contributed by atoms with Gasteiger partial charge in [-0.3, -0.25) is 9.59 Å². The molecule has 1 amide bonds. The first kappa shape index (κ1) is 15.5. The normalized spacial score (nSPS) is 24.3. The number of aliphatic carboxylic acids is 1. The van der Waals surface area contributed by atoms with E-state index in [1.54, 1.807) is 23.3 Å². The van der Waals surface area contributed by atoms with Crippen LogP contribution in [-0.2, 0) is 22.4 Å². The summed E-state index contributed by atoms with van der Waals surface area (Å²) in [6.07, 6.45) is 4.86. The molecule has 2 atom stereocenters. The number of carboxylic acid groups (broad SMARTS) is 1. The highest BCUT2D eigenvalue weighted by atomic mass is 32.1. The average Bonchev–Trinajstić information content (AvgIpc) is 3.10. The first-order valence-electron chi connectivity index (χ1n) is 7.75. The minimum atomic E-state index is -0.869. The molecule has 6 heteroatoms. The molecule has 1 aromatic rings. The minimum Gasteiger partial charge on any atom is -0.481 e. The third-order valence-electron chi connectivity index (χ3n) is 4.67. The summed E-state index contributed by atoms with van der Waals surface area (Å²) in [5, 5.41) is 11.0. The lowest BCUT2D eigenvalue weighted by Gasteiger charge is -2.24. The molecule has 1 aromatic heterocycles. The molecule has 2 aliphatic rings. The van der Waals surface area contributed by atoms with Crippen LogP contribution in [0.2, 0.25) is 0 Å². The topological polar surface area (TPSA) is 66.8 Å². The number of hydrogen-bond acceptors (Lipinski definition) is 4. The van der Waals surface area contributed by atoms with Crippen LogP contribution in [-0.4, -0.2) is 47.7 Å². The molecule has 0 bridgehead atoms. The largest absolute Gasteiger partial charge is 0.481 e. The van der Waals surface area contributed by atoms with Crippen molar-refractivity contribution in [2.45, 2.75) is 50.7 Å². The van der Waals surface area contributed by atoms with Gasteiger partial charge in [0.2, 0.25) is 0 Å². The summed E-state index contributed by atoms with van der Waals surface area (Å²) in [6.45, 7) is 0.484. The number of fused-ring (bicyclic) bond motifs is 1. The summed E-state index contributed by atoms with van der Waals surface area (Å²) in [4.78, 5) is 27.0. The van der Waals surface area contributed by atoms with E-state index >= 15 is 0 Å². The fourth-order valence-corrected chi connectivity index (χ4v) is 4.64. The number of amides is 1. The van der Waals surface area contributed by atoms with E-state index in [1.807, 2.05) is 5.38 Å². The fourth-order valence-electron chi connectivity index (χ4n) is 3.52. The lowest BCUT2D eigenvalue weighted by molar-refractivity contribution is -0.137. The number of carbonyl (C=O) groups excluding carboxylic acids is 1. The Hall–Kier alpha value is -1.40. The number of methoxy groups -OCH3 is 1. The van der Waals surface area contributed by atoms with Gasteiger partial charge in [-0.1, -0.05) is 0 Å². The molecule has 120 valence electrons. The van der Waals surface area contributed by atoms with Gasteiger partial charge in [-0.25, -0.2) is 0 Å². The van der Waals surface area contributed by atoms with E-state index in [2.05, 4.69) is 0 Å². The Bertz CT molecular complexity index is 583. The number of ether oxygens (including phenoxy) is 1. The number of carbonyl (C=O) groups is 2. The summed E-state index contributed by atoms with van der Waals surface area (Å²) < 4.78 is 5.35. The molecule has 2 heterocycles. The van der Waals surface area contributed by atoms with Gasteiger partial charge in [0.25, 0.3) is 5.91 Å². The van der Waals surface area contributed by atoms with E-state index in [4.69, 9.17) is 9.84 Å². The molecule has 2 unspecified atom stereocenters. The third-order valence-corrected chi connectivity index (χ3v) is 5.76. The molecule has 1 aliphatic heterocycles. The van der Waals surface area contributed by atoms with Crippen LogP contribution in [0, 0.1) is 0 Å². The maximum absolute atomic E-state index is 12.9. The van der Waals surface area contributed by atoms with Crippen molar-refractivity contribution in [1.82, 2.24) is 4.90 Å². The SMILES string of the molecule is COC1CC(CC(=O)O)N(C(=O)c2csc3c2CCCC3)C1. The smallest absolute Gasteiger partial charge is 0.305 e. The molecule has 1 fully saturated rings. The second-order valence-corrected chi connectivity index (χ2v) is 7.03. The van der Waals surface area contributed by atoms with Gasteiger partial charge in [0.1, 0.15) is 0 Å². The number of carboxylic acids is 1. The van der Waals surface area contributed by atoms with Crippen molar-refractivity contribution >= 4 is 23.2 Å². The lowest BCUT2D eigenvalue weighted by Crippen LogP contribution is -2.37. The number of likely N-dealkylation sites (tertiary alicyclic amines) is 1. The standard InChI is InChI=1S/C16H21NO4S/c1-21-11-6-10(7-15(18)19)17(8-11)16(20)13-9-22-14-5-3-2-4-12(13)14/h9-11H,2-8H2,1H3,(H,18,19). The van der Waals surface area contributed by atoms with E-state index in [9.17, 15) is 9.59 Å². The monoisotopic (exact) mass is 323 g/mol. The summed E-state index contributed by atoms with van der Waals surface area (Å²) in [5.41, 5.74) is 1.98. The van der Waals surface area contributed by atoms with E-state index in [0.717, 1.165) is 24.8 Å². The zero-order valence-electron chi connectivity index (χ0n) is 12.7. The van der Waals surface area contributed by atoms with Gasteiger partial charge in [0.15, 0.2) is 0 Å². The van der Waals surface area contributed by atoms with Crippen LogP contribution in [0.25, 0.3) is 0 Å². The van der Waals surface area contributed by atoms with Crippen LogP contribution in [0.15, 0.2) is 5.38 Å². The van der Waals surface area contributed by atoms with Crippen LogP contribution >= 0.6 is 11.3 Å². The highest BCUT2D eigenvalue weighted by Gasteiger charge is 2.38. The molecule has 1 saturated heterocycles. The highest BCUT2D eigenvalue weighted by molar-refractivity contribution is 7.10. The van der Waals surface area contributed by atoms with Crippen molar-refractivity contribution in [3.05, 3.63) is 21.4 Å². The van der Waals surface area contributed by atoms with E-state index in [1.165, 1.54) is 16.9 Å². The van der Waals surface area contributed by atoms with Crippen molar-refractivity contribution in [3.8, 4) is 0 Å². The minimum absolute atomic E-state index is 0.0159. The Morgan fingerprint density at radius 2 is 2.18 bits per heavy atom. The van der Waals surface area contributed by atoms with E-state index in [-0.39, 0.29) is 24.5 Å². The molecule has 1 aliphatic carbocycles. The van der Waals surface area contributed by atoms with Crippen molar-refractivity contribution in [3.63, 3.8) is 0 Å². The summed E-state index contributed by atoms with van der Waals surface area (Å²) >= 11 is 1.67. The maximum atomic E-state index is 12.9. The molecular weight excluding hydrogens is 302 g/mol. The lowest BCUT2D eigenvalue weighted by atomic mass is 9.95. The Morgan fingerprint density at radius 1 is 1.41 bits per heavy atom. The fraction of sp³-hybridized carbons (Fsp3) is 0.625. The zero-order chi connectivity index (χ0) is 15.7. The highest BCUT2D eigenvalue weighted by Crippen LogP contribution is 2.33. The summed E-state index contributed by atoms with van der Waals surface area (Å²) in [7, 11) is 1.61. The zero-order valence-corrected chi connectivity index (χ0v) is 13.5. The predicted molar refractivity (Wildman–Crippen MR) is 83.5 cm³/mol. The Kier molecular flexibility index (Phi) is 4.49. The van der Waals surface area contributed by atoms with Gasteiger partial charge in [0.05, 0.1) is 18.1 Å². The number of rotatable bonds is 4. The average molecular weight is 323 g/mol. The second kappa shape index (κ2) is 6.38. The molecule has 5 nitrogen and oxygen atoms in total. The van der Waals surface area contributed by atoms with Gasteiger partial charge in [-0.2, -0.15) is 0 Å². The number of aryl methyl sites for hydroxylation is 1. The number of thiophene rings is 1. The molecule has 22 heavy (non-hydrogen) atoms.